The summed E-state index contributed by atoms with van der Waals surface area (Å²) in [6, 6.07) is 9.22. The molecule has 1 spiro atoms. The minimum absolute atomic E-state index is 0.198. The summed E-state index contributed by atoms with van der Waals surface area (Å²) < 4.78 is 42.9. The van der Waals surface area contributed by atoms with E-state index in [2.05, 4.69) is 19.9 Å². The van der Waals surface area contributed by atoms with Crippen LogP contribution in [0.4, 0.5) is 31.8 Å². The second-order valence-electron chi connectivity index (χ2n) is 11.5. The highest BCUT2D eigenvalue weighted by Crippen LogP contribution is 2.54. The Labute approximate surface area is 225 Å². The monoisotopic (exact) mass is 543 g/mol. The van der Waals surface area contributed by atoms with E-state index in [1.807, 2.05) is 30.0 Å². The molecule has 1 amide bonds. The first kappa shape index (κ1) is 25.7. The van der Waals surface area contributed by atoms with E-state index in [1.165, 1.54) is 12.8 Å². The molecule has 3 heterocycles. The molecule has 1 aromatic heterocycles. The molecule has 2 N–H and O–H groups in total. The van der Waals surface area contributed by atoms with Crippen molar-refractivity contribution >= 4 is 40.3 Å². The van der Waals surface area contributed by atoms with Gasteiger partial charge in [-0.15, -0.1) is 0 Å². The molecule has 4 aliphatic rings. The fourth-order valence-electron chi connectivity index (χ4n) is 5.55. The van der Waals surface area contributed by atoms with Gasteiger partial charge in [0.25, 0.3) is 11.8 Å². The summed E-state index contributed by atoms with van der Waals surface area (Å²) in [4.78, 5) is 22.3. The molecular formula is C28H35F2N5O2S. The molecule has 2 saturated carbocycles. The number of halogens is 2. The van der Waals surface area contributed by atoms with Crippen molar-refractivity contribution in [2.45, 2.75) is 69.5 Å². The molecule has 1 unspecified atom stereocenters. The number of aryl methyl sites for hydroxylation is 1. The van der Waals surface area contributed by atoms with Gasteiger partial charge in [0.2, 0.25) is 0 Å². The highest BCUT2D eigenvalue weighted by atomic mass is 32.2. The van der Waals surface area contributed by atoms with Crippen molar-refractivity contribution in [1.29, 1.82) is 0 Å². The average Bonchev–Trinajstić information content (AvgIpc) is 3.81. The van der Waals surface area contributed by atoms with Crippen LogP contribution in [-0.2, 0) is 11.4 Å². The Morgan fingerprint density at radius 1 is 1.00 bits per heavy atom. The van der Waals surface area contributed by atoms with Crippen LogP contribution in [0.2, 0.25) is 0 Å². The zero-order valence-electron chi connectivity index (χ0n) is 21.8. The van der Waals surface area contributed by atoms with Gasteiger partial charge in [-0.2, -0.15) is 0 Å². The fraction of sp³-hybridized carbons (Fsp3) is 0.571. The molecule has 10 heteroatoms. The third-order valence-corrected chi connectivity index (χ3v) is 9.94. The Hall–Kier alpha value is -2.59. The Kier molecular flexibility index (Phi) is 6.66. The molecule has 38 heavy (non-hydrogen) atoms. The Morgan fingerprint density at radius 3 is 2.34 bits per heavy atom. The van der Waals surface area contributed by atoms with E-state index in [9.17, 15) is 18.1 Å². The standard InChI is InChI=1S/C28H35F2N5O2S/c1-19-16-24(31-25(17-19)35-14-10-28(29,30)11-15-35)32-26(36)22-5-2-20(33-38(37)21-3-4-21)18-23(22)34-12-8-27(6-7-27)9-13-34/h2,5,16-18,21,33H,3-4,6-15H2,1H3,(H,31,32,36). The van der Waals surface area contributed by atoms with Crippen molar-refractivity contribution in [2.24, 2.45) is 5.41 Å². The van der Waals surface area contributed by atoms with Gasteiger partial charge in [0.15, 0.2) is 0 Å². The van der Waals surface area contributed by atoms with E-state index in [0.717, 1.165) is 55.7 Å². The third kappa shape index (κ3) is 5.71. The van der Waals surface area contributed by atoms with E-state index in [-0.39, 0.29) is 37.1 Å². The fourth-order valence-corrected chi connectivity index (χ4v) is 6.64. The van der Waals surface area contributed by atoms with Gasteiger partial charge in [0.1, 0.15) is 16.9 Å². The number of hydrogen-bond donors (Lipinski definition) is 2. The van der Waals surface area contributed by atoms with Crippen LogP contribution in [-0.4, -0.2) is 52.8 Å². The lowest BCUT2D eigenvalue weighted by Crippen LogP contribution is -2.39. The maximum absolute atomic E-state index is 13.7. The molecule has 2 saturated heterocycles. The van der Waals surface area contributed by atoms with Crippen LogP contribution < -0.4 is 19.8 Å². The predicted molar refractivity (Wildman–Crippen MR) is 148 cm³/mol. The third-order valence-electron chi connectivity index (χ3n) is 8.43. The number of anilines is 4. The second-order valence-corrected chi connectivity index (χ2v) is 13.0. The number of amides is 1. The number of nitrogens with zero attached hydrogens (tertiary/aromatic N) is 3. The Morgan fingerprint density at radius 2 is 1.68 bits per heavy atom. The molecule has 6 rings (SSSR count). The number of pyridine rings is 1. The van der Waals surface area contributed by atoms with Gasteiger partial charge in [-0.3, -0.25) is 4.79 Å². The number of benzene rings is 1. The number of nitrogens with one attached hydrogen (secondary N) is 2. The molecule has 1 aromatic carbocycles. The lowest BCUT2D eigenvalue weighted by atomic mass is 9.93. The summed E-state index contributed by atoms with van der Waals surface area (Å²) in [6.07, 6.45) is 6.40. The van der Waals surface area contributed by atoms with Crippen LogP contribution in [0.1, 0.15) is 67.3 Å². The number of hydrogen-bond acceptors (Lipinski definition) is 6. The number of rotatable bonds is 7. The highest BCUT2D eigenvalue weighted by Gasteiger charge is 2.45. The lowest BCUT2D eigenvalue weighted by Gasteiger charge is -2.35. The highest BCUT2D eigenvalue weighted by molar-refractivity contribution is 7.93. The maximum atomic E-state index is 13.7. The van der Waals surface area contributed by atoms with Gasteiger partial charge >= 0.3 is 0 Å². The molecule has 204 valence electrons. The van der Waals surface area contributed by atoms with Crippen LogP contribution >= 0.6 is 0 Å². The van der Waals surface area contributed by atoms with Crippen molar-refractivity contribution in [3.05, 3.63) is 41.5 Å². The van der Waals surface area contributed by atoms with E-state index in [4.69, 9.17) is 0 Å². The summed E-state index contributed by atoms with van der Waals surface area (Å²) in [5.41, 5.74) is 3.54. The van der Waals surface area contributed by atoms with Crippen LogP contribution in [0.15, 0.2) is 30.3 Å². The lowest BCUT2D eigenvalue weighted by molar-refractivity contribution is -0.0221. The first-order valence-electron chi connectivity index (χ1n) is 13.7. The maximum Gasteiger partial charge on any atom is 0.258 e. The minimum Gasteiger partial charge on any atom is -0.593 e. The van der Waals surface area contributed by atoms with Gasteiger partial charge in [0, 0.05) is 51.9 Å². The normalized spacial score (nSPS) is 22.7. The van der Waals surface area contributed by atoms with Crippen molar-refractivity contribution in [3.63, 3.8) is 0 Å². The first-order valence-corrected chi connectivity index (χ1v) is 14.9. The quantitative estimate of drug-likeness (QED) is 0.449. The number of alkyl halides is 2. The smallest absolute Gasteiger partial charge is 0.258 e. The Bertz CT molecular complexity index is 1200. The van der Waals surface area contributed by atoms with Crippen molar-refractivity contribution in [3.8, 4) is 0 Å². The average molecular weight is 544 g/mol. The van der Waals surface area contributed by atoms with Crippen LogP contribution in [0.5, 0.6) is 0 Å². The SMILES string of the molecule is Cc1cc(NC(=O)c2ccc(N[S+]([O-])C3CC3)cc2N2CCC3(CC2)CC3)nc(N2CCC(F)(F)CC2)c1. The van der Waals surface area contributed by atoms with Gasteiger partial charge in [0.05, 0.1) is 28.3 Å². The van der Waals surface area contributed by atoms with Gasteiger partial charge in [-0.25, -0.2) is 18.5 Å². The zero-order chi connectivity index (χ0) is 26.5. The molecule has 4 fully saturated rings. The minimum atomic E-state index is -2.63. The zero-order valence-corrected chi connectivity index (χ0v) is 22.6. The van der Waals surface area contributed by atoms with E-state index >= 15 is 0 Å². The van der Waals surface area contributed by atoms with E-state index in [1.54, 1.807) is 12.1 Å². The molecule has 2 aliphatic carbocycles. The summed E-state index contributed by atoms with van der Waals surface area (Å²) >= 11 is -1.12. The first-order chi connectivity index (χ1) is 18.2. The topological polar surface area (TPSA) is 83.6 Å². The summed E-state index contributed by atoms with van der Waals surface area (Å²) in [7, 11) is 0. The summed E-state index contributed by atoms with van der Waals surface area (Å²) in [5.74, 6) is -1.89. The van der Waals surface area contributed by atoms with Crippen LogP contribution in [0, 0.1) is 12.3 Å². The molecule has 2 aliphatic heterocycles. The van der Waals surface area contributed by atoms with Gasteiger partial charge in [-0.05, 0) is 73.9 Å². The largest absolute Gasteiger partial charge is 0.593 e. The van der Waals surface area contributed by atoms with Crippen molar-refractivity contribution < 1.29 is 18.1 Å². The van der Waals surface area contributed by atoms with Crippen molar-refractivity contribution in [1.82, 2.24) is 4.98 Å². The van der Waals surface area contributed by atoms with E-state index < -0.39 is 17.3 Å². The Balaban J connectivity index is 1.22. The molecule has 7 nitrogen and oxygen atoms in total. The van der Waals surface area contributed by atoms with Gasteiger partial charge < -0.3 is 19.7 Å². The van der Waals surface area contributed by atoms with Gasteiger partial charge in [-0.1, -0.05) is 0 Å². The molecule has 0 radical (unpaired) electrons. The summed E-state index contributed by atoms with van der Waals surface area (Å²) in [6.45, 7) is 4.15. The molecule has 2 aromatic rings. The summed E-state index contributed by atoms with van der Waals surface area (Å²) in [5, 5.41) is 3.17. The molecule has 1 atom stereocenters. The van der Waals surface area contributed by atoms with Crippen LogP contribution in [0.3, 0.4) is 0 Å². The van der Waals surface area contributed by atoms with Crippen LogP contribution in [0.25, 0.3) is 0 Å². The number of carbonyl (C=O) groups is 1. The number of piperidine rings is 2. The van der Waals surface area contributed by atoms with E-state index in [0.29, 0.717) is 22.6 Å². The number of aromatic nitrogens is 1. The molecule has 0 bridgehead atoms. The van der Waals surface area contributed by atoms with Crippen molar-refractivity contribution in [2.75, 3.05) is 46.0 Å². The second kappa shape index (κ2) is 9.86. The molecular weight excluding hydrogens is 508 g/mol. The number of carbonyl (C=O) groups excluding carboxylic acids is 1. The predicted octanol–water partition coefficient (Wildman–Crippen LogP) is 5.50.